The Balaban J connectivity index is 1.77. The van der Waals surface area contributed by atoms with Crippen LogP contribution in [0.3, 0.4) is 0 Å². The van der Waals surface area contributed by atoms with E-state index in [1.54, 1.807) is 29.2 Å². The molecule has 0 saturated carbocycles. The maximum atomic E-state index is 13.2. The molecule has 3 rings (SSSR count). The molecule has 2 aromatic rings. The summed E-state index contributed by atoms with van der Waals surface area (Å²) < 4.78 is 5.68. The average Bonchev–Trinajstić information content (AvgIpc) is 2.95. The molecule has 0 radical (unpaired) electrons. The van der Waals surface area contributed by atoms with Crippen molar-refractivity contribution in [2.75, 3.05) is 13.2 Å². The first-order valence-corrected chi connectivity index (χ1v) is 11.2. The molecule has 0 bridgehead atoms. The van der Waals surface area contributed by atoms with Crippen molar-refractivity contribution in [3.8, 4) is 5.75 Å². The number of nitrogens with one attached hydrogen (secondary N) is 1. The Morgan fingerprint density at radius 2 is 1.77 bits per heavy atom. The van der Waals surface area contributed by atoms with Crippen molar-refractivity contribution in [1.29, 1.82) is 0 Å². The van der Waals surface area contributed by atoms with Gasteiger partial charge in [-0.3, -0.25) is 9.59 Å². The zero-order valence-electron chi connectivity index (χ0n) is 18.5. The van der Waals surface area contributed by atoms with Gasteiger partial charge in [0.1, 0.15) is 11.8 Å². The summed E-state index contributed by atoms with van der Waals surface area (Å²) in [6.45, 7) is 7.39. The van der Waals surface area contributed by atoms with Crippen molar-refractivity contribution in [2.24, 2.45) is 0 Å². The number of hydrogen-bond donors (Lipinski definition) is 1. The summed E-state index contributed by atoms with van der Waals surface area (Å²) >= 11 is 5.91. The molecule has 6 heteroatoms. The van der Waals surface area contributed by atoms with E-state index in [1.807, 2.05) is 12.1 Å². The molecule has 1 saturated heterocycles. The van der Waals surface area contributed by atoms with Gasteiger partial charge in [0.2, 0.25) is 5.91 Å². The van der Waals surface area contributed by atoms with Gasteiger partial charge in [-0.1, -0.05) is 56.6 Å². The summed E-state index contributed by atoms with van der Waals surface area (Å²) in [6, 6.07) is 14.7. The van der Waals surface area contributed by atoms with Crippen molar-refractivity contribution in [1.82, 2.24) is 10.2 Å². The van der Waals surface area contributed by atoms with Gasteiger partial charge in [-0.15, -0.1) is 0 Å². The monoisotopic (exact) mass is 442 g/mol. The van der Waals surface area contributed by atoms with E-state index in [2.05, 4.69) is 38.2 Å². The van der Waals surface area contributed by atoms with Crippen molar-refractivity contribution in [2.45, 2.75) is 58.0 Å². The number of nitrogens with zero attached hydrogens (tertiary/aromatic N) is 1. The Labute approximate surface area is 189 Å². The molecule has 1 atom stereocenters. The molecular weight excluding hydrogens is 412 g/mol. The summed E-state index contributed by atoms with van der Waals surface area (Å²) in [4.78, 5) is 27.5. The average molecular weight is 443 g/mol. The third-order valence-corrected chi connectivity index (χ3v) is 5.80. The van der Waals surface area contributed by atoms with Crippen LogP contribution in [0, 0.1) is 0 Å². The fourth-order valence-corrected chi connectivity index (χ4v) is 3.78. The Kier molecular flexibility index (Phi) is 7.60. The summed E-state index contributed by atoms with van der Waals surface area (Å²) in [5, 5.41) is 3.54. The normalized spacial score (nSPS) is 16.9. The first-order valence-electron chi connectivity index (χ1n) is 10.8. The first kappa shape index (κ1) is 23.1. The molecule has 1 heterocycles. The lowest BCUT2D eigenvalue weighted by Gasteiger charge is -2.30. The Bertz CT molecular complexity index is 888. The molecule has 5 nitrogen and oxygen atoms in total. The first-order chi connectivity index (χ1) is 14.7. The van der Waals surface area contributed by atoms with Crippen molar-refractivity contribution in [3.63, 3.8) is 0 Å². The lowest BCUT2D eigenvalue weighted by molar-refractivity contribution is -0.142. The lowest BCUT2D eigenvalue weighted by atomic mass is 9.86. The van der Waals surface area contributed by atoms with Crippen LogP contribution in [0.2, 0.25) is 5.02 Å². The van der Waals surface area contributed by atoms with Crippen molar-refractivity contribution < 1.29 is 14.3 Å². The predicted octanol–water partition coefficient (Wildman–Crippen LogP) is 4.71. The molecule has 2 aromatic carbocycles. The standard InChI is InChI=1S/C25H31ClN2O3/c1-25(2,3)19-9-7-18(8-10-19)16-28(22-6-4-5-15-27-24(22)30)23(29)17-31-21-13-11-20(26)12-14-21/h7-14,22H,4-6,15-17H2,1-3H3,(H,27,30). The second kappa shape index (κ2) is 10.2. The highest BCUT2D eigenvalue weighted by atomic mass is 35.5. The largest absolute Gasteiger partial charge is 0.484 e. The van der Waals surface area contributed by atoms with Crippen LogP contribution >= 0.6 is 11.6 Å². The second-order valence-electron chi connectivity index (χ2n) is 9.01. The van der Waals surface area contributed by atoms with Gasteiger partial charge < -0.3 is 15.0 Å². The van der Waals surface area contributed by atoms with Gasteiger partial charge in [0.25, 0.3) is 5.91 Å². The molecule has 1 N–H and O–H groups in total. The molecule has 31 heavy (non-hydrogen) atoms. The zero-order chi connectivity index (χ0) is 22.4. The van der Waals surface area contributed by atoms with Gasteiger partial charge >= 0.3 is 0 Å². The highest BCUT2D eigenvalue weighted by Gasteiger charge is 2.31. The smallest absolute Gasteiger partial charge is 0.261 e. The van der Waals surface area contributed by atoms with Crippen LogP contribution in [0.5, 0.6) is 5.75 Å². The number of carbonyl (C=O) groups is 2. The Hall–Kier alpha value is -2.53. The molecule has 1 unspecified atom stereocenters. The number of carbonyl (C=O) groups excluding carboxylic acids is 2. The van der Waals surface area contributed by atoms with Gasteiger partial charge in [-0.2, -0.15) is 0 Å². The van der Waals surface area contributed by atoms with Gasteiger partial charge in [-0.25, -0.2) is 0 Å². The number of amides is 2. The van der Waals surface area contributed by atoms with E-state index in [4.69, 9.17) is 16.3 Å². The SMILES string of the molecule is CC(C)(C)c1ccc(CN(C(=O)COc2ccc(Cl)cc2)C2CCCCNC2=O)cc1. The topological polar surface area (TPSA) is 58.6 Å². The van der Waals surface area contributed by atoms with E-state index in [0.717, 1.165) is 18.4 Å². The minimum atomic E-state index is -0.494. The van der Waals surface area contributed by atoms with Crippen LogP contribution in [-0.4, -0.2) is 35.9 Å². The number of benzene rings is 2. The fourth-order valence-electron chi connectivity index (χ4n) is 3.66. The molecular formula is C25H31ClN2O3. The second-order valence-corrected chi connectivity index (χ2v) is 9.45. The highest BCUT2D eigenvalue weighted by Crippen LogP contribution is 2.24. The van der Waals surface area contributed by atoms with Crippen LogP contribution in [0.15, 0.2) is 48.5 Å². The van der Waals surface area contributed by atoms with Gasteiger partial charge in [-0.05, 0) is 60.1 Å². The zero-order valence-corrected chi connectivity index (χ0v) is 19.2. The maximum absolute atomic E-state index is 13.2. The van der Waals surface area contributed by atoms with E-state index in [9.17, 15) is 9.59 Å². The van der Waals surface area contributed by atoms with Crippen LogP contribution in [-0.2, 0) is 21.5 Å². The molecule has 1 aliphatic heterocycles. The van der Waals surface area contributed by atoms with E-state index < -0.39 is 6.04 Å². The molecule has 0 spiro atoms. The molecule has 2 amide bonds. The number of hydrogen-bond acceptors (Lipinski definition) is 3. The summed E-state index contributed by atoms with van der Waals surface area (Å²) in [5.74, 6) is 0.262. The molecule has 166 valence electrons. The molecule has 0 aromatic heterocycles. The van der Waals surface area contributed by atoms with E-state index >= 15 is 0 Å². The van der Waals surface area contributed by atoms with E-state index in [1.165, 1.54) is 5.56 Å². The van der Waals surface area contributed by atoms with Crippen LogP contribution in [0.25, 0.3) is 0 Å². The van der Waals surface area contributed by atoms with Crippen LogP contribution in [0.4, 0.5) is 0 Å². The Morgan fingerprint density at radius 1 is 1.10 bits per heavy atom. The fraction of sp³-hybridized carbons (Fsp3) is 0.440. The van der Waals surface area contributed by atoms with Crippen LogP contribution < -0.4 is 10.1 Å². The quantitative estimate of drug-likeness (QED) is 0.704. The summed E-state index contributed by atoms with van der Waals surface area (Å²) in [5.41, 5.74) is 2.28. The minimum absolute atomic E-state index is 0.0572. The van der Waals surface area contributed by atoms with Gasteiger partial charge in [0.15, 0.2) is 6.61 Å². The van der Waals surface area contributed by atoms with E-state index in [-0.39, 0.29) is 23.8 Å². The Morgan fingerprint density at radius 3 is 2.42 bits per heavy atom. The van der Waals surface area contributed by atoms with Crippen LogP contribution in [0.1, 0.15) is 51.2 Å². The number of halogens is 1. The number of rotatable bonds is 6. The summed E-state index contributed by atoms with van der Waals surface area (Å²) in [7, 11) is 0. The molecule has 1 fully saturated rings. The lowest BCUT2D eigenvalue weighted by Crippen LogP contribution is -2.49. The molecule has 1 aliphatic rings. The van der Waals surface area contributed by atoms with E-state index in [0.29, 0.717) is 30.3 Å². The molecule has 0 aliphatic carbocycles. The van der Waals surface area contributed by atoms with Gasteiger partial charge in [0, 0.05) is 18.1 Å². The van der Waals surface area contributed by atoms with Crippen molar-refractivity contribution in [3.05, 3.63) is 64.7 Å². The van der Waals surface area contributed by atoms with Gasteiger partial charge in [0.05, 0.1) is 0 Å². The highest BCUT2D eigenvalue weighted by molar-refractivity contribution is 6.30. The predicted molar refractivity (Wildman–Crippen MR) is 123 cm³/mol. The minimum Gasteiger partial charge on any atom is -0.484 e. The third-order valence-electron chi connectivity index (χ3n) is 5.55. The maximum Gasteiger partial charge on any atom is 0.261 e. The number of ether oxygens (including phenoxy) is 1. The summed E-state index contributed by atoms with van der Waals surface area (Å²) in [6.07, 6.45) is 2.47. The third kappa shape index (κ3) is 6.47. The van der Waals surface area contributed by atoms with Crippen molar-refractivity contribution >= 4 is 23.4 Å².